The van der Waals surface area contributed by atoms with Crippen molar-refractivity contribution in [2.75, 3.05) is 31.5 Å². The lowest BCUT2D eigenvalue weighted by atomic mass is 9.89. The minimum atomic E-state index is -0.157. The van der Waals surface area contributed by atoms with Crippen LogP contribution < -0.4 is 5.32 Å². The van der Waals surface area contributed by atoms with Gasteiger partial charge in [-0.05, 0) is 81.1 Å². The van der Waals surface area contributed by atoms with Crippen molar-refractivity contribution in [1.82, 2.24) is 9.80 Å². The van der Waals surface area contributed by atoms with E-state index in [0.29, 0.717) is 23.6 Å². The van der Waals surface area contributed by atoms with E-state index in [2.05, 4.69) is 22.3 Å². The number of nitrogens with one attached hydrogen (secondary N) is 1. The maximum absolute atomic E-state index is 12.4. The molecule has 0 bridgehead atoms. The number of amides is 3. The second kappa shape index (κ2) is 11.0. The number of benzene rings is 2. The molecule has 2 aliphatic heterocycles. The molecule has 0 aliphatic carbocycles. The standard InChI is InChI=1S/C28H35N3O3/c1-20(2)26(32)29-23-10-8-9-22(19-23)21-13-17-30(18-14-21)15-6-3-7-16-31-27(33)24-11-4-5-12-25(24)28(31)34/h4-5,8-12,19-21H,3,6-7,13-18H2,1-2H3,(H,29,32). The van der Waals surface area contributed by atoms with Crippen molar-refractivity contribution in [3.05, 3.63) is 65.2 Å². The largest absolute Gasteiger partial charge is 0.326 e. The number of hydrogen-bond acceptors (Lipinski definition) is 4. The summed E-state index contributed by atoms with van der Waals surface area (Å²) in [6.07, 6.45) is 5.17. The smallest absolute Gasteiger partial charge is 0.261 e. The Morgan fingerprint density at radius 1 is 0.912 bits per heavy atom. The molecule has 0 unspecified atom stereocenters. The second-order valence-electron chi connectivity index (χ2n) is 9.75. The van der Waals surface area contributed by atoms with E-state index in [1.54, 1.807) is 24.3 Å². The molecular formula is C28H35N3O3. The van der Waals surface area contributed by atoms with Gasteiger partial charge in [0, 0.05) is 18.2 Å². The van der Waals surface area contributed by atoms with E-state index in [9.17, 15) is 14.4 Å². The van der Waals surface area contributed by atoms with Crippen molar-refractivity contribution in [3.63, 3.8) is 0 Å². The van der Waals surface area contributed by atoms with Crippen molar-refractivity contribution in [1.29, 1.82) is 0 Å². The molecule has 1 fully saturated rings. The lowest BCUT2D eigenvalue weighted by Crippen LogP contribution is -2.34. The molecule has 6 nitrogen and oxygen atoms in total. The highest BCUT2D eigenvalue weighted by Gasteiger charge is 2.34. The van der Waals surface area contributed by atoms with Gasteiger partial charge < -0.3 is 10.2 Å². The number of imide groups is 1. The molecule has 0 atom stereocenters. The van der Waals surface area contributed by atoms with Gasteiger partial charge in [-0.3, -0.25) is 19.3 Å². The van der Waals surface area contributed by atoms with E-state index in [1.807, 2.05) is 26.0 Å². The molecule has 1 N–H and O–H groups in total. The van der Waals surface area contributed by atoms with Gasteiger partial charge in [-0.15, -0.1) is 0 Å². The quantitative estimate of drug-likeness (QED) is 0.425. The summed E-state index contributed by atoms with van der Waals surface area (Å²) in [5.74, 6) is 0.237. The van der Waals surface area contributed by atoms with Crippen molar-refractivity contribution in [3.8, 4) is 0 Å². The number of likely N-dealkylation sites (tertiary alicyclic amines) is 1. The average molecular weight is 462 g/mol. The fraction of sp³-hybridized carbons (Fsp3) is 0.464. The van der Waals surface area contributed by atoms with Crippen LogP contribution in [0.5, 0.6) is 0 Å². The summed E-state index contributed by atoms with van der Waals surface area (Å²) in [7, 11) is 0. The zero-order valence-corrected chi connectivity index (χ0v) is 20.3. The topological polar surface area (TPSA) is 69.7 Å². The van der Waals surface area contributed by atoms with E-state index in [4.69, 9.17) is 0 Å². The SMILES string of the molecule is CC(C)C(=O)Nc1cccc(C2CCN(CCCCCN3C(=O)c4ccccc4C3=O)CC2)c1. The van der Waals surface area contributed by atoms with Gasteiger partial charge in [0.15, 0.2) is 0 Å². The Hall–Kier alpha value is -2.99. The molecular weight excluding hydrogens is 426 g/mol. The zero-order chi connectivity index (χ0) is 24.1. The van der Waals surface area contributed by atoms with Gasteiger partial charge >= 0.3 is 0 Å². The highest BCUT2D eigenvalue weighted by atomic mass is 16.2. The fourth-order valence-electron chi connectivity index (χ4n) is 4.87. The van der Waals surface area contributed by atoms with Crippen LogP contribution in [-0.4, -0.2) is 53.7 Å². The maximum atomic E-state index is 12.4. The maximum Gasteiger partial charge on any atom is 0.261 e. The first-order chi connectivity index (χ1) is 16.4. The molecule has 3 amide bonds. The summed E-state index contributed by atoms with van der Waals surface area (Å²) in [6, 6.07) is 15.4. The molecule has 2 heterocycles. The molecule has 180 valence electrons. The average Bonchev–Trinajstić information content (AvgIpc) is 3.09. The number of anilines is 1. The van der Waals surface area contributed by atoms with Crippen molar-refractivity contribution in [2.45, 2.75) is 51.9 Å². The highest BCUT2D eigenvalue weighted by molar-refractivity contribution is 6.21. The molecule has 0 saturated carbocycles. The Bertz CT molecular complexity index is 1010. The molecule has 0 spiro atoms. The Balaban J connectivity index is 1.16. The fourth-order valence-corrected chi connectivity index (χ4v) is 4.87. The van der Waals surface area contributed by atoms with E-state index in [0.717, 1.165) is 57.4 Å². The van der Waals surface area contributed by atoms with Gasteiger partial charge in [-0.25, -0.2) is 0 Å². The molecule has 4 rings (SSSR count). The molecule has 2 aliphatic rings. The number of nitrogens with zero attached hydrogens (tertiary/aromatic N) is 2. The van der Waals surface area contributed by atoms with E-state index >= 15 is 0 Å². The predicted molar refractivity (Wildman–Crippen MR) is 134 cm³/mol. The number of fused-ring (bicyclic) bond motifs is 1. The van der Waals surface area contributed by atoms with Crippen LogP contribution in [-0.2, 0) is 4.79 Å². The summed E-state index contributed by atoms with van der Waals surface area (Å²) in [5, 5.41) is 3.01. The molecule has 6 heteroatoms. The van der Waals surface area contributed by atoms with Crippen LogP contribution in [0.15, 0.2) is 48.5 Å². The number of hydrogen-bond donors (Lipinski definition) is 1. The minimum Gasteiger partial charge on any atom is -0.326 e. The molecule has 1 saturated heterocycles. The van der Waals surface area contributed by atoms with Crippen LogP contribution in [0.4, 0.5) is 5.69 Å². The zero-order valence-electron chi connectivity index (χ0n) is 20.3. The van der Waals surface area contributed by atoms with Gasteiger partial charge in [0.1, 0.15) is 0 Å². The van der Waals surface area contributed by atoms with Gasteiger partial charge in [0.2, 0.25) is 5.91 Å². The number of unbranched alkanes of at least 4 members (excludes halogenated alkanes) is 2. The van der Waals surface area contributed by atoms with Crippen LogP contribution in [0, 0.1) is 5.92 Å². The van der Waals surface area contributed by atoms with E-state index < -0.39 is 0 Å². The van der Waals surface area contributed by atoms with E-state index in [-0.39, 0.29) is 23.6 Å². The molecule has 0 radical (unpaired) electrons. The van der Waals surface area contributed by atoms with Gasteiger partial charge in [-0.1, -0.05) is 44.5 Å². The Labute approximate surface area is 202 Å². The third-order valence-electron chi connectivity index (χ3n) is 6.97. The summed E-state index contributed by atoms with van der Waals surface area (Å²) >= 11 is 0. The van der Waals surface area contributed by atoms with Crippen LogP contribution in [0.1, 0.15) is 78.1 Å². The van der Waals surface area contributed by atoms with Crippen LogP contribution >= 0.6 is 0 Å². The normalized spacial score (nSPS) is 16.9. The highest BCUT2D eigenvalue weighted by Crippen LogP contribution is 2.30. The van der Waals surface area contributed by atoms with Crippen LogP contribution in [0.2, 0.25) is 0 Å². The first kappa shape index (κ1) is 24.1. The Kier molecular flexibility index (Phi) is 7.78. The third-order valence-corrected chi connectivity index (χ3v) is 6.97. The number of carbonyl (C=O) groups is 3. The van der Waals surface area contributed by atoms with Crippen molar-refractivity contribution in [2.24, 2.45) is 5.92 Å². The first-order valence-electron chi connectivity index (χ1n) is 12.5. The van der Waals surface area contributed by atoms with Gasteiger partial charge in [0.25, 0.3) is 11.8 Å². The van der Waals surface area contributed by atoms with Crippen LogP contribution in [0.3, 0.4) is 0 Å². The Morgan fingerprint density at radius 3 is 2.21 bits per heavy atom. The van der Waals surface area contributed by atoms with Crippen molar-refractivity contribution < 1.29 is 14.4 Å². The number of rotatable bonds is 9. The van der Waals surface area contributed by atoms with Gasteiger partial charge in [-0.2, -0.15) is 0 Å². The van der Waals surface area contributed by atoms with Crippen LogP contribution in [0.25, 0.3) is 0 Å². The summed E-state index contributed by atoms with van der Waals surface area (Å²) in [4.78, 5) is 40.8. The van der Waals surface area contributed by atoms with Crippen molar-refractivity contribution >= 4 is 23.4 Å². The predicted octanol–water partition coefficient (Wildman–Crippen LogP) is 4.93. The summed E-state index contributed by atoms with van der Waals surface area (Å²) in [6.45, 7) is 7.51. The molecule has 2 aromatic carbocycles. The van der Waals surface area contributed by atoms with Gasteiger partial charge in [0.05, 0.1) is 11.1 Å². The van der Waals surface area contributed by atoms with E-state index in [1.165, 1.54) is 10.5 Å². The lowest BCUT2D eigenvalue weighted by Gasteiger charge is -2.32. The molecule has 2 aromatic rings. The molecule has 0 aromatic heterocycles. The second-order valence-corrected chi connectivity index (χ2v) is 9.75. The minimum absolute atomic E-state index is 0.0282. The first-order valence-corrected chi connectivity index (χ1v) is 12.5. The number of piperidine rings is 1. The third kappa shape index (κ3) is 5.55. The number of carbonyl (C=O) groups excluding carboxylic acids is 3. The summed E-state index contributed by atoms with van der Waals surface area (Å²) in [5.41, 5.74) is 3.25. The lowest BCUT2D eigenvalue weighted by molar-refractivity contribution is -0.118. The summed E-state index contributed by atoms with van der Waals surface area (Å²) < 4.78 is 0. The monoisotopic (exact) mass is 461 g/mol. The molecule has 34 heavy (non-hydrogen) atoms. The Morgan fingerprint density at radius 2 is 1.56 bits per heavy atom.